The summed E-state index contributed by atoms with van der Waals surface area (Å²) in [6.07, 6.45) is 1.68. The van der Waals surface area contributed by atoms with Gasteiger partial charge in [0.2, 0.25) is 5.91 Å². The van der Waals surface area contributed by atoms with E-state index in [4.69, 9.17) is 5.84 Å². The Morgan fingerprint density at radius 3 is 2.31 bits per heavy atom. The lowest BCUT2D eigenvalue weighted by atomic mass is 10.2. The Kier molecular flexibility index (Phi) is 3.25. The maximum absolute atomic E-state index is 11.8. The third-order valence-electron chi connectivity index (χ3n) is 2.47. The Balaban J connectivity index is 2.11. The highest BCUT2D eigenvalue weighted by Gasteiger charge is 2.35. The maximum atomic E-state index is 11.8. The minimum atomic E-state index is -0.437. The Hall–Kier alpha value is -0.950. The van der Waals surface area contributed by atoms with Crippen molar-refractivity contribution in [2.45, 2.75) is 12.8 Å². The van der Waals surface area contributed by atoms with Crippen LogP contribution < -0.4 is 5.84 Å². The second-order valence-corrected chi connectivity index (χ2v) is 5.04. The molecule has 2 N–H and O–H groups in total. The number of amides is 2. The third kappa shape index (κ3) is 2.41. The Labute approximate surface area is 107 Å². The molecule has 0 spiro atoms. The first-order valence-corrected chi connectivity index (χ1v) is 6.06. The molecule has 1 aromatic carbocycles. The molecule has 2 rings (SSSR count). The lowest BCUT2D eigenvalue weighted by Gasteiger charge is -2.14. The molecule has 0 aromatic heterocycles. The number of halogens is 1. The van der Waals surface area contributed by atoms with Crippen LogP contribution in [0.1, 0.15) is 23.2 Å². The summed E-state index contributed by atoms with van der Waals surface area (Å²) in [5.41, 5.74) is 0.442. The molecule has 1 saturated carbocycles. The summed E-state index contributed by atoms with van der Waals surface area (Å²) in [5, 5.41) is 0.736. The fourth-order valence-electron chi connectivity index (χ4n) is 1.36. The van der Waals surface area contributed by atoms with E-state index in [9.17, 15) is 9.59 Å². The van der Waals surface area contributed by atoms with E-state index in [0.29, 0.717) is 5.56 Å². The van der Waals surface area contributed by atoms with E-state index in [1.807, 2.05) is 12.1 Å². The molecule has 4 nitrogen and oxygen atoms in total. The van der Waals surface area contributed by atoms with E-state index in [2.05, 4.69) is 22.6 Å². The van der Waals surface area contributed by atoms with Crippen LogP contribution >= 0.6 is 22.6 Å². The van der Waals surface area contributed by atoms with Crippen LogP contribution in [0.4, 0.5) is 0 Å². The van der Waals surface area contributed by atoms with Crippen molar-refractivity contribution < 1.29 is 9.59 Å². The molecular formula is C11H11IN2O2. The Morgan fingerprint density at radius 2 is 1.81 bits per heavy atom. The molecule has 84 valence electrons. The van der Waals surface area contributed by atoms with Crippen LogP contribution in [-0.2, 0) is 4.79 Å². The van der Waals surface area contributed by atoms with E-state index < -0.39 is 5.91 Å². The lowest BCUT2D eigenvalue weighted by molar-refractivity contribution is -0.130. The van der Waals surface area contributed by atoms with E-state index in [-0.39, 0.29) is 11.8 Å². The normalized spacial score (nSPS) is 14.6. The minimum Gasteiger partial charge on any atom is -0.273 e. The van der Waals surface area contributed by atoms with Gasteiger partial charge in [0.15, 0.2) is 0 Å². The summed E-state index contributed by atoms with van der Waals surface area (Å²) in [4.78, 5) is 23.4. The predicted molar refractivity (Wildman–Crippen MR) is 67.2 cm³/mol. The van der Waals surface area contributed by atoms with Gasteiger partial charge in [-0.1, -0.05) is 0 Å². The van der Waals surface area contributed by atoms with Gasteiger partial charge in [-0.3, -0.25) is 9.59 Å². The van der Waals surface area contributed by atoms with Gasteiger partial charge in [-0.05, 0) is 59.7 Å². The molecule has 0 unspecified atom stereocenters. The molecule has 0 saturated heterocycles. The van der Waals surface area contributed by atoms with Gasteiger partial charge in [-0.25, -0.2) is 10.9 Å². The Morgan fingerprint density at radius 1 is 1.25 bits per heavy atom. The number of carbonyl (C=O) groups excluding carboxylic acids is 2. The highest BCUT2D eigenvalue weighted by atomic mass is 127. The number of hydrogen-bond donors (Lipinski definition) is 1. The molecule has 1 fully saturated rings. The quantitative estimate of drug-likeness (QED) is 0.294. The molecule has 1 aliphatic rings. The van der Waals surface area contributed by atoms with Gasteiger partial charge in [0.1, 0.15) is 0 Å². The summed E-state index contributed by atoms with van der Waals surface area (Å²) in [6.45, 7) is 0. The molecule has 2 amide bonds. The number of benzene rings is 1. The first-order valence-electron chi connectivity index (χ1n) is 4.98. The molecule has 0 atom stereocenters. The van der Waals surface area contributed by atoms with Gasteiger partial charge in [-0.15, -0.1) is 0 Å². The molecule has 0 heterocycles. The van der Waals surface area contributed by atoms with Crippen LogP contribution in [0.5, 0.6) is 0 Å². The average Bonchev–Trinajstić information content (AvgIpc) is 3.11. The van der Waals surface area contributed by atoms with E-state index in [1.165, 1.54) is 0 Å². The van der Waals surface area contributed by atoms with Gasteiger partial charge in [-0.2, -0.15) is 0 Å². The predicted octanol–water partition coefficient (Wildman–Crippen LogP) is 1.54. The molecule has 16 heavy (non-hydrogen) atoms. The number of carbonyl (C=O) groups is 2. The van der Waals surface area contributed by atoms with Crippen LogP contribution in [0.2, 0.25) is 0 Å². The molecular weight excluding hydrogens is 319 g/mol. The zero-order chi connectivity index (χ0) is 11.7. The highest BCUT2D eigenvalue weighted by molar-refractivity contribution is 14.1. The molecule has 0 radical (unpaired) electrons. The Bertz CT molecular complexity index is 426. The van der Waals surface area contributed by atoms with Crippen molar-refractivity contribution in [2.24, 2.45) is 11.8 Å². The van der Waals surface area contributed by atoms with Crippen molar-refractivity contribution in [3.63, 3.8) is 0 Å². The number of hydrogen-bond acceptors (Lipinski definition) is 3. The number of hydrazine groups is 1. The van der Waals surface area contributed by atoms with Gasteiger partial charge in [0.05, 0.1) is 0 Å². The number of nitrogens with two attached hydrogens (primary N) is 1. The second-order valence-electron chi connectivity index (χ2n) is 3.79. The SMILES string of the molecule is NN(C(=O)c1ccc(I)cc1)C(=O)C1CC1. The van der Waals surface area contributed by atoms with E-state index in [1.54, 1.807) is 12.1 Å². The number of rotatable bonds is 2. The average molecular weight is 330 g/mol. The first-order chi connectivity index (χ1) is 7.59. The maximum Gasteiger partial charge on any atom is 0.274 e. The summed E-state index contributed by atoms with van der Waals surface area (Å²) in [5.74, 6) is 4.75. The highest BCUT2D eigenvalue weighted by Crippen LogP contribution is 2.30. The summed E-state index contributed by atoms with van der Waals surface area (Å²) in [7, 11) is 0. The monoisotopic (exact) mass is 330 g/mol. The molecule has 0 aliphatic heterocycles. The van der Waals surface area contributed by atoms with Crippen LogP contribution in [0.3, 0.4) is 0 Å². The fraction of sp³-hybridized carbons (Fsp3) is 0.273. The van der Waals surface area contributed by atoms with Crippen molar-refractivity contribution >= 4 is 34.4 Å². The van der Waals surface area contributed by atoms with Crippen LogP contribution in [-0.4, -0.2) is 16.8 Å². The summed E-state index contributed by atoms with van der Waals surface area (Å²) in [6, 6.07) is 6.96. The van der Waals surface area contributed by atoms with Crippen molar-refractivity contribution in [1.82, 2.24) is 5.01 Å². The fourth-order valence-corrected chi connectivity index (χ4v) is 1.72. The molecule has 5 heteroatoms. The standard InChI is InChI=1S/C11H11IN2O2/c12-9-5-3-8(4-6-9)11(16)14(13)10(15)7-1-2-7/h3-7H,1-2,13H2. The molecule has 1 aliphatic carbocycles. The largest absolute Gasteiger partial charge is 0.274 e. The summed E-state index contributed by atoms with van der Waals surface area (Å²) >= 11 is 2.15. The van der Waals surface area contributed by atoms with Crippen LogP contribution in [0, 0.1) is 9.49 Å². The third-order valence-corrected chi connectivity index (χ3v) is 3.19. The van der Waals surface area contributed by atoms with Gasteiger partial charge in [0.25, 0.3) is 5.91 Å². The number of nitrogens with zero attached hydrogens (tertiary/aromatic N) is 1. The zero-order valence-electron chi connectivity index (χ0n) is 8.52. The molecule has 0 bridgehead atoms. The smallest absolute Gasteiger partial charge is 0.273 e. The van der Waals surface area contributed by atoms with Crippen molar-refractivity contribution in [1.29, 1.82) is 0 Å². The minimum absolute atomic E-state index is 0.0437. The van der Waals surface area contributed by atoms with Crippen LogP contribution in [0.25, 0.3) is 0 Å². The topological polar surface area (TPSA) is 63.4 Å². The van der Waals surface area contributed by atoms with Gasteiger partial charge >= 0.3 is 0 Å². The first kappa shape index (κ1) is 11.5. The summed E-state index contributed by atoms with van der Waals surface area (Å²) < 4.78 is 1.03. The zero-order valence-corrected chi connectivity index (χ0v) is 10.7. The van der Waals surface area contributed by atoms with Crippen molar-refractivity contribution in [2.75, 3.05) is 0 Å². The van der Waals surface area contributed by atoms with Crippen molar-refractivity contribution in [3.05, 3.63) is 33.4 Å². The lowest BCUT2D eigenvalue weighted by Crippen LogP contribution is -2.43. The van der Waals surface area contributed by atoms with Gasteiger partial charge in [0, 0.05) is 15.1 Å². The van der Waals surface area contributed by atoms with Crippen LogP contribution in [0.15, 0.2) is 24.3 Å². The van der Waals surface area contributed by atoms with Gasteiger partial charge < -0.3 is 0 Å². The van der Waals surface area contributed by atoms with Crippen molar-refractivity contribution in [3.8, 4) is 0 Å². The molecule has 1 aromatic rings. The number of imide groups is 1. The van der Waals surface area contributed by atoms with E-state index in [0.717, 1.165) is 21.4 Å². The second kappa shape index (κ2) is 4.50. The van der Waals surface area contributed by atoms with E-state index >= 15 is 0 Å².